The molecule has 3 aromatic rings. The normalized spacial score (nSPS) is 13.1. The molecule has 12 heteroatoms. The van der Waals surface area contributed by atoms with Crippen molar-refractivity contribution in [2.24, 2.45) is 0 Å². The molecule has 2 heterocycles. The standard InChI is InChI=1S/C13H8F6N4OS/c1-25-11-21-20-10-22(5-12(15,16)13(17,18)19)9(24)6-3-2-4-7(14)8(6)23(10)11/h2-4H,5H2,1H3. The Balaban J connectivity index is 2.42. The molecule has 0 saturated heterocycles. The van der Waals surface area contributed by atoms with Crippen LogP contribution in [0.4, 0.5) is 26.3 Å². The molecular weight excluding hydrogens is 374 g/mol. The molecule has 0 unspecified atom stereocenters. The number of alkyl halides is 5. The fourth-order valence-corrected chi connectivity index (χ4v) is 2.83. The summed E-state index contributed by atoms with van der Waals surface area (Å²) in [4.78, 5) is 12.4. The Morgan fingerprint density at radius 1 is 1.16 bits per heavy atom. The molecule has 5 nitrogen and oxygen atoms in total. The summed E-state index contributed by atoms with van der Waals surface area (Å²) in [5.74, 6) is -6.63. The summed E-state index contributed by atoms with van der Waals surface area (Å²) in [5, 5.41) is 6.79. The summed E-state index contributed by atoms with van der Waals surface area (Å²) in [5.41, 5.74) is -1.51. The zero-order valence-electron chi connectivity index (χ0n) is 12.3. The maximum atomic E-state index is 14.2. The van der Waals surface area contributed by atoms with Crippen molar-refractivity contribution in [3.63, 3.8) is 0 Å². The van der Waals surface area contributed by atoms with Crippen molar-refractivity contribution in [3.8, 4) is 0 Å². The number of aromatic nitrogens is 4. The predicted octanol–water partition coefficient (Wildman–Crippen LogP) is 3.10. The molecule has 1 aromatic carbocycles. The lowest BCUT2D eigenvalue weighted by atomic mass is 10.2. The number of benzene rings is 1. The van der Waals surface area contributed by atoms with Gasteiger partial charge in [0.2, 0.25) is 5.78 Å². The highest BCUT2D eigenvalue weighted by Gasteiger charge is 2.58. The highest BCUT2D eigenvalue weighted by molar-refractivity contribution is 7.98. The Kier molecular flexibility index (Phi) is 3.97. The Labute approximate surface area is 139 Å². The van der Waals surface area contributed by atoms with E-state index in [-0.39, 0.29) is 20.6 Å². The largest absolute Gasteiger partial charge is 0.455 e. The van der Waals surface area contributed by atoms with E-state index in [9.17, 15) is 31.1 Å². The minimum atomic E-state index is -5.86. The number of fused-ring (bicyclic) bond motifs is 3. The smallest absolute Gasteiger partial charge is 0.270 e. The molecule has 0 atom stereocenters. The maximum absolute atomic E-state index is 14.2. The van der Waals surface area contributed by atoms with E-state index in [2.05, 4.69) is 10.2 Å². The topological polar surface area (TPSA) is 52.2 Å². The van der Waals surface area contributed by atoms with Crippen LogP contribution >= 0.6 is 11.8 Å². The van der Waals surface area contributed by atoms with Gasteiger partial charge < -0.3 is 0 Å². The zero-order chi connectivity index (χ0) is 18.6. The zero-order valence-corrected chi connectivity index (χ0v) is 13.1. The molecule has 134 valence electrons. The first kappa shape index (κ1) is 17.6. The third-order valence-electron chi connectivity index (χ3n) is 3.50. The third kappa shape index (κ3) is 2.64. The molecule has 0 bridgehead atoms. The van der Waals surface area contributed by atoms with Crippen molar-refractivity contribution in [2.45, 2.75) is 23.8 Å². The number of halogens is 6. The Bertz CT molecular complexity index is 1030. The van der Waals surface area contributed by atoms with Crippen LogP contribution in [0.5, 0.6) is 0 Å². The van der Waals surface area contributed by atoms with E-state index in [1.54, 1.807) is 0 Å². The molecule has 0 N–H and O–H groups in total. The number of rotatable bonds is 3. The van der Waals surface area contributed by atoms with Crippen molar-refractivity contribution in [3.05, 3.63) is 34.4 Å². The van der Waals surface area contributed by atoms with Crippen LogP contribution in [0.1, 0.15) is 0 Å². The molecule has 0 saturated carbocycles. The van der Waals surface area contributed by atoms with Gasteiger partial charge in [-0.05, 0) is 18.4 Å². The number of thioether (sulfide) groups is 1. The van der Waals surface area contributed by atoms with Gasteiger partial charge in [0.05, 0.1) is 10.9 Å². The van der Waals surface area contributed by atoms with E-state index < -0.39 is 35.8 Å². The average Bonchev–Trinajstić information content (AvgIpc) is 2.94. The lowest BCUT2D eigenvalue weighted by Gasteiger charge is -2.21. The Morgan fingerprint density at radius 3 is 2.44 bits per heavy atom. The second-order valence-electron chi connectivity index (χ2n) is 5.05. The predicted molar refractivity (Wildman–Crippen MR) is 77.5 cm³/mol. The first-order chi connectivity index (χ1) is 11.6. The van der Waals surface area contributed by atoms with Crippen LogP contribution in [0.15, 0.2) is 28.2 Å². The molecular formula is C13H8F6N4OS. The molecule has 0 aliphatic heterocycles. The van der Waals surface area contributed by atoms with Gasteiger partial charge >= 0.3 is 12.1 Å². The molecule has 2 aromatic heterocycles. The van der Waals surface area contributed by atoms with E-state index in [4.69, 9.17) is 0 Å². The molecule has 0 aliphatic rings. The van der Waals surface area contributed by atoms with Crippen molar-refractivity contribution in [1.29, 1.82) is 0 Å². The average molecular weight is 382 g/mol. The number of hydrogen-bond acceptors (Lipinski definition) is 4. The first-order valence-electron chi connectivity index (χ1n) is 6.63. The lowest BCUT2D eigenvalue weighted by molar-refractivity contribution is -0.286. The van der Waals surface area contributed by atoms with Gasteiger partial charge in [0.15, 0.2) is 5.16 Å². The minimum absolute atomic E-state index is 0.0363. The lowest BCUT2D eigenvalue weighted by Crippen LogP contribution is -2.43. The summed E-state index contributed by atoms with van der Waals surface area (Å²) in [7, 11) is 0. The summed E-state index contributed by atoms with van der Waals surface area (Å²) in [6, 6.07) is 3.31. The summed E-state index contributed by atoms with van der Waals surface area (Å²) in [6.45, 7) is -1.99. The van der Waals surface area contributed by atoms with Crippen LogP contribution in [-0.2, 0) is 6.54 Å². The van der Waals surface area contributed by atoms with Crippen molar-refractivity contribution >= 4 is 28.4 Å². The van der Waals surface area contributed by atoms with Gasteiger partial charge in [0, 0.05) is 0 Å². The molecule has 0 spiro atoms. The van der Waals surface area contributed by atoms with Crippen molar-refractivity contribution < 1.29 is 26.3 Å². The van der Waals surface area contributed by atoms with Crippen LogP contribution in [0, 0.1) is 5.82 Å². The summed E-state index contributed by atoms with van der Waals surface area (Å²) >= 11 is 0.964. The number of hydrogen-bond donors (Lipinski definition) is 0. The van der Waals surface area contributed by atoms with Crippen LogP contribution in [-0.4, -0.2) is 37.5 Å². The SMILES string of the molecule is CSc1nnc2n(CC(F)(F)C(F)(F)F)c(=O)c3cccc(F)c3n12. The fourth-order valence-electron chi connectivity index (χ4n) is 2.35. The highest BCUT2D eigenvalue weighted by Crippen LogP contribution is 2.37. The van der Waals surface area contributed by atoms with Gasteiger partial charge in [-0.15, -0.1) is 10.2 Å². The van der Waals surface area contributed by atoms with Crippen molar-refractivity contribution in [1.82, 2.24) is 19.2 Å². The van der Waals surface area contributed by atoms with Gasteiger partial charge in [-0.2, -0.15) is 22.0 Å². The van der Waals surface area contributed by atoms with Gasteiger partial charge in [-0.3, -0.25) is 13.8 Å². The maximum Gasteiger partial charge on any atom is 0.455 e. The van der Waals surface area contributed by atoms with Crippen molar-refractivity contribution in [2.75, 3.05) is 6.26 Å². The van der Waals surface area contributed by atoms with E-state index in [0.717, 1.165) is 34.4 Å². The highest BCUT2D eigenvalue weighted by atomic mass is 32.2. The molecule has 0 fully saturated rings. The summed E-state index contributed by atoms with van der Waals surface area (Å²) < 4.78 is 79.8. The van der Waals surface area contributed by atoms with Crippen LogP contribution in [0.2, 0.25) is 0 Å². The molecule has 25 heavy (non-hydrogen) atoms. The number of nitrogens with zero attached hydrogens (tertiary/aromatic N) is 4. The van der Waals surface area contributed by atoms with Crippen LogP contribution in [0.3, 0.4) is 0 Å². The first-order valence-corrected chi connectivity index (χ1v) is 7.85. The van der Waals surface area contributed by atoms with Crippen LogP contribution in [0.25, 0.3) is 16.7 Å². The second-order valence-corrected chi connectivity index (χ2v) is 5.83. The summed E-state index contributed by atoms with van der Waals surface area (Å²) in [6.07, 6.45) is -4.33. The monoisotopic (exact) mass is 382 g/mol. The third-order valence-corrected chi connectivity index (χ3v) is 4.13. The Morgan fingerprint density at radius 2 is 1.84 bits per heavy atom. The van der Waals surface area contributed by atoms with E-state index in [1.165, 1.54) is 6.26 Å². The Hall–Kier alpha value is -2.24. The quantitative estimate of drug-likeness (QED) is 0.516. The van der Waals surface area contributed by atoms with Gasteiger partial charge in [-0.25, -0.2) is 4.39 Å². The molecule has 0 amide bonds. The molecule has 0 aliphatic carbocycles. The van der Waals surface area contributed by atoms with E-state index >= 15 is 0 Å². The van der Waals surface area contributed by atoms with E-state index in [0.29, 0.717) is 0 Å². The fraction of sp³-hybridized carbons (Fsp3) is 0.308. The molecule has 0 radical (unpaired) electrons. The van der Waals surface area contributed by atoms with Crippen LogP contribution < -0.4 is 5.56 Å². The molecule has 3 rings (SSSR count). The number of para-hydroxylation sites is 1. The van der Waals surface area contributed by atoms with E-state index in [1.807, 2.05) is 0 Å². The minimum Gasteiger partial charge on any atom is -0.270 e. The second kappa shape index (κ2) is 5.64. The van der Waals surface area contributed by atoms with Gasteiger partial charge in [-0.1, -0.05) is 17.8 Å². The van der Waals surface area contributed by atoms with Gasteiger partial charge in [0.1, 0.15) is 12.4 Å². The van der Waals surface area contributed by atoms with Gasteiger partial charge in [0.25, 0.3) is 5.56 Å².